The van der Waals surface area contributed by atoms with Gasteiger partial charge in [0.2, 0.25) is 15.9 Å². The van der Waals surface area contributed by atoms with Crippen molar-refractivity contribution in [3.63, 3.8) is 0 Å². The first-order valence-corrected chi connectivity index (χ1v) is 14.9. The molecule has 0 radical (unpaired) electrons. The van der Waals surface area contributed by atoms with Crippen LogP contribution in [-0.2, 0) is 14.8 Å². The monoisotopic (exact) mass is 569 g/mol. The number of hydrogen-bond donors (Lipinski definition) is 1. The van der Waals surface area contributed by atoms with Gasteiger partial charge in [0.25, 0.3) is 5.91 Å². The van der Waals surface area contributed by atoms with E-state index in [0.717, 1.165) is 31.1 Å². The highest BCUT2D eigenvalue weighted by Gasteiger charge is 2.38. The number of amides is 2. The topological polar surface area (TPSA) is 86.8 Å². The molecular formula is C26H30Cl2FN3O4S. The average Bonchev–Trinajstić information content (AvgIpc) is 3.64. The molecule has 1 N–H and O–H groups in total. The summed E-state index contributed by atoms with van der Waals surface area (Å²) in [5.74, 6) is -0.0537. The minimum atomic E-state index is -3.32. The number of halogens is 3. The zero-order valence-electron chi connectivity index (χ0n) is 20.5. The number of benzene rings is 2. The van der Waals surface area contributed by atoms with Crippen LogP contribution in [0, 0.1) is 11.7 Å². The van der Waals surface area contributed by atoms with Gasteiger partial charge in [-0.1, -0.05) is 41.8 Å². The van der Waals surface area contributed by atoms with Crippen LogP contribution in [0.2, 0.25) is 10.0 Å². The molecule has 37 heavy (non-hydrogen) atoms. The second-order valence-electron chi connectivity index (χ2n) is 9.73. The number of nitrogens with zero attached hydrogens (tertiary/aromatic N) is 2. The molecule has 0 unspecified atom stereocenters. The Morgan fingerprint density at radius 1 is 1.05 bits per heavy atom. The summed E-state index contributed by atoms with van der Waals surface area (Å²) >= 11 is 12.0. The molecule has 2 aromatic rings. The number of sulfonamides is 1. The maximum atomic E-state index is 13.4. The maximum absolute atomic E-state index is 13.4. The molecule has 3 atom stereocenters. The average molecular weight is 571 g/mol. The Bertz CT molecular complexity index is 1250. The van der Waals surface area contributed by atoms with Gasteiger partial charge in [0.05, 0.1) is 16.3 Å². The van der Waals surface area contributed by atoms with Crippen molar-refractivity contribution in [3.8, 4) is 0 Å². The Morgan fingerprint density at radius 3 is 2.35 bits per heavy atom. The summed E-state index contributed by atoms with van der Waals surface area (Å²) in [5, 5.41) is 3.43. The van der Waals surface area contributed by atoms with E-state index in [1.54, 1.807) is 11.0 Å². The van der Waals surface area contributed by atoms with Crippen molar-refractivity contribution in [2.75, 3.05) is 32.4 Å². The van der Waals surface area contributed by atoms with Crippen molar-refractivity contribution in [1.82, 2.24) is 14.5 Å². The Balaban J connectivity index is 1.38. The van der Waals surface area contributed by atoms with Crippen LogP contribution in [0.3, 0.4) is 0 Å². The molecule has 2 aliphatic rings. The summed E-state index contributed by atoms with van der Waals surface area (Å²) in [4.78, 5) is 28.0. The maximum Gasteiger partial charge on any atom is 0.251 e. The number of carbonyl (C=O) groups is 2. The van der Waals surface area contributed by atoms with Crippen LogP contribution in [0.1, 0.15) is 47.5 Å². The molecule has 1 aliphatic heterocycles. The molecule has 0 spiro atoms. The minimum Gasteiger partial charge on any atom is -0.340 e. The normalized spacial score (nSPS) is 20.9. The van der Waals surface area contributed by atoms with E-state index < -0.39 is 22.0 Å². The molecule has 2 fully saturated rings. The van der Waals surface area contributed by atoms with Crippen LogP contribution >= 0.6 is 23.2 Å². The van der Waals surface area contributed by atoms with Crippen molar-refractivity contribution in [1.29, 1.82) is 0 Å². The highest BCUT2D eigenvalue weighted by atomic mass is 35.5. The minimum absolute atomic E-state index is 0.222. The van der Waals surface area contributed by atoms with Crippen LogP contribution in [0.5, 0.6) is 0 Å². The summed E-state index contributed by atoms with van der Waals surface area (Å²) in [6.45, 7) is 0.972. The third-order valence-electron chi connectivity index (χ3n) is 7.09. The van der Waals surface area contributed by atoms with Crippen molar-refractivity contribution in [3.05, 3.63) is 69.5 Å². The first kappa shape index (κ1) is 27.8. The van der Waals surface area contributed by atoms with Crippen LogP contribution in [0.4, 0.5) is 4.39 Å². The number of nitrogens with one attached hydrogen (secondary N) is 1. The third kappa shape index (κ3) is 7.22. The molecule has 1 saturated heterocycles. The summed E-state index contributed by atoms with van der Waals surface area (Å²) in [7, 11) is -3.32. The van der Waals surface area contributed by atoms with Crippen molar-refractivity contribution < 1.29 is 22.4 Å². The lowest BCUT2D eigenvalue weighted by Gasteiger charge is -2.35. The lowest BCUT2D eigenvalue weighted by atomic mass is 10.0. The smallest absolute Gasteiger partial charge is 0.251 e. The van der Waals surface area contributed by atoms with Crippen LogP contribution in [-0.4, -0.2) is 67.9 Å². The standard InChI is InChI=1S/C26H30Cl2FN3O4S/c1-37(35,36)32-13-11-31(12-14-32)26(34)24(30-25(33)19-7-10-22(27)23(28)16-19)4-2-3-18-15-21(18)17-5-8-20(29)9-6-17/h5-10,16,18,21,24H,2-4,11-15H2,1H3,(H,30,33)/t18-,21+,24+/m1/s1. The highest BCUT2D eigenvalue weighted by molar-refractivity contribution is 7.88. The molecular weight excluding hydrogens is 540 g/mol. The second-order valence-corrected chi connectivity index (χ2v) is 12.5. The molecule has 1 heterocycles. The Hall–Kier alpha value is -2.20. The molecule has 2 aromatic carbocycles. The van der Waals surface area contributed by atoms with E-state index in [1.807, 2.05) is 12.1 Å². The quantitative estimate of drug-likeness (QED) is 0.487. The molecule has 2 amide bonds. The number of rotatable bonds is 9. The van der Waals surface area contributed by atoms with E-state index in [1.165, 1.54) is 28.6 Å². The van der Waals surface area contributed by atoms with E-state index in [0.29, 0.717) is 28.8 Å². The fraction of sp³-hybridized carbons (Fsp3) is 0.462. The van der Waals surface area contributed by atoms with Gasteiger partial charge in [0, 0.05) is 31.7 Å². The Morgan fingerprint density at radius 2 is 1.73 bits per heavy atom. The van der Waals surface area contributed by atoms with Gasteiger partial charge in [0.1, 0.15) is 11.9 Å². The predicted molar refractivity (Wildman–Crippen MR) is 142 cm³/mol. The van der Waals surface area contributed by atoms with Gasteiger partial charge in [-0.05, 0) is 67.0 Å². The van der Waals surface area contributed by atoms with Gasteiger partial charge in [-0.3, -0.25) is 9.59 Å². The second kappa shape index (κ2) is 11.7. The van der Waals surface area contributed by atoms with Gasteiger partial charge in [-0.25, -0.2) is 12.8 Å². The van der Waals surface area contributed by atoms with Gasteiger partial charge >= 0.3 is 0 Å². The Labute approximate surface area is 227 Å². The zero-order chi connectivity index (χ0) is 26.7. The van der Waals surface area contributed by atoms with Crippen LogP contribution in [0.25, 0.3) is 0 Å². The SMILES string of the molecule is CS(=O)(=O)N1CCN(C(=O)[C@H](CCC[C@@H]2C[C@H]2c2ccc(F)cc2)NC(=O)c2ccc(Cl)c(Cl)c2)CC1. The van der Waals surface area contributed by atoms with Gasteiger partial charge in [-0.2, -0.15) is 4.31 Å². The molecule has 7 nitrogen and oxygen atoms in total. The van der Waals surface area contributed by atoms with Crippen molar-refractivity contribution in [2.24, 2.45) is 5.92 Å². The molecule has 0 aromatic heterocycles. The lowest BCUT2D eigenvalue weighted by Crippen LogP contribution is -2.55. The highest BCUT2D eigenvalue weighted by Crippen LogP contribution is 2.50. The number of piperazine rings is 1. The molecule has 4 rings (SSSR count). The largest absolute Gasteiger partial charge is 0.340 e. The first-order chi connectivity index (χ1) is 17.5. The summed E-state index contributed by atoms with van der Waals surface area (Å²) < 4.78 is 38.2. The molecule has 1 aliphatic carbocycles. The van der Waals surface area contributed by atoms with E-state index in [4.69, 9.17) is 23.2 Å². The lowest BCUT2D eigenvalue weighted by molar-refractivity contribution is -0.134. The number of hydrogen-bond acceptors (Lipinski definition) is 4. The zero-order valence-corrected chi connectivity index (χ0v) is 22.8. The van der Waals surface area contributed by atoms with Crippen molar-refractivity contribution >= 4 is 45.0 Å². The fourth-order valence-corrected chi connectivity index (χ4v) is 5.99. The number of carbonyl (C=O) groups excluding carboxylic acids is 2. The first-order valence-electron chi connectivity index (χ1n) is 12.3. The third-order valence-corrected chi connectivity index (χ3v) is 9.14. The van der Waals surface area contributed by atoms with Gasteiger partial charge < -0.3 is 10.2 Å². The van der Waals surface area contributed by atoms with E-state index in [2.05, 4.69) is 5.32 Å². The predicted octanol–water partition coefficient (Wildman–Crippen LogP) is 4.31. The molecule has 1 saturated carbocycles. The van der Waals surface area contributed by atoms with E-state index in [9.17, 15) is 22.4 Å². The van der Waals surface area contributed by atoms with Crippen LogP contribution in [0.15, 0.2) is 42.5 Å². The van der Waals surface area contributed by atoms with Crippen LogP contribution < -0.4 is 5.32 Å². The summed E-state index contributed by atoms with van der Waals surface area (Å²) in [6, 6.07) is 10.4. The van der Waals surface area contributed by atoms with Gasteiger partial charge in [-0.15, -0.1) is 0 Å². The van der Waals surface area contributed by atoms with Crippen molar-refractivity contribution in [2.45, 2.75) is 37.6 Å². The van der Waals surface area contributed by atoms with E-state index in [-0.39, 0.29) is 42.9 Å². The molecule has 11 heteroatoms. The van der Waals surface area contributed by atoms with Gasteiger partial charge in [0.15, 0.2) is 0 Å². The summed E-state index contributed by atoms with van der Waals surface area (Å²) in [5.41, 5.74) is 1.42. The Kier molecular flexibility index (Phi) is 8.78. The summed E-state index contributed by atoms with van der Waals surface area (Å²) in [6.07, 6.45) is 4.24. The molecule has 0 bridgehead atoms. The van der Waals surface area contributed by atoms with E-state index >= 15 is 0 Å². The molecule has 200 valence electrons. The fourth-order valence-electron chi connectivity index (χ4n) is 4.87.